The lowest BCUT2D eigenvalue weighted by molar-refractivity contribution is 0.389. The predicted octanol–water partition coefficient (Wildman–Crippen LogP) is 2.73. The third-order valence-corrected chi connectivity index (χ3v) is 4.90. The second kappa shape index (κ2) is 6.89. The van der Waals surface area contributed by atoms with Crippen LogP contribution in [-0.2, 0) is 6.54 Å². The lowest BCUT2D eigenvalue weighted by atomic mass is 9.91. The minimum absolute atomic E-state index is 0.139. The van der Waals surface area contributed by atoms with Crippen molar-refractivity contribution in [1.82, 2.24) is 25.5 Å². The van der Waals surface area contributed by atoms with Gasteiger partial charge >= 0.3 is 0 Å². The molecule has 1 N–H and O–H groups in total. The van der Waals surface area contributed by atoms with Crippen LogP contribution in [0.25, 0.3) is 0 Å². The van der Waals surface area contributed by atoms with Gasteiger partial charge in [-0.3, -0.25) is 0 Å². The normalized spacial score (nSPS) is 24.0. The molecule has 1 fully saturated rings. The minimum Gasteiger partial charge on any atom is -0.310 e. The number of thioether (sulfide) groups is 1. The van der Waals surface area contributed by atoms with Gasteiger partial charge in [0.05, 0.1) is 6.54 Å². The van der Waals surface area contributed by atoms with Crippen molar-refractivity contribution < 1.29 is 0 Å². The molecule has 2 rings (SSSR count). The first-order valence-electron chi connectivity index (χ1n) is 7.62. The van der Waals surface area contributed by atoms with Crippen molar-refractivity contribution in [3.05, 3.63) is 0 Å². The Bertz CT molecular complexity index is 412. The van der Waals surface area contributed by atoms with Gasteiger partial charge in [-0.2, -0.15) is 0 Å². The minimum atomic E-state index is 0.139. The van der Waals surface area contributed by atoms with Crippen molar-refractivity contribution >= 4 is 11.8 Å². The van der Waals surface area contributed by atoms with E-state index in [0.29, 0.717) is 5.25 Å². The molecule has 6 heteroatoms. The summed E-state index contributed by atoms with van der Waals surface area (Å²) in [4.78, 5) is 0. The Morgan fingerprint density at radius 2 is 2.15 bits per heavy atom. The van der Waals surface area contributed by atoms with Crippen molar-refractivity contribution in [2.75, 3.05) is 6.54 Å². The monoisotopic (exact) mass is 297 g/mol. The molecule has 1 aromatic heterocycles. The summed E-state index contributed by atoms with van der Waals surface area (Å²) >= 11 is 1.86. The van der Waals surface area contributed by atoms with Gasteiger partial charge in [0.25, 0.3) is 0 Å². The molecule has 0 bridgehead atoms. The van der Waals surface area contributed by atoms with Crippen molar-refractivity contribution in [3.8, 4) is 0 Å². The SMILES string of the molecule is CC1CCCC(Sc2nnnn2CCNC(C)(C)C)C1. The molecular formula is C14H27N5S. The van der Waals surface area contributed by atoms with Crippen molar-refractivity contribution in [3.63, 3.8) is 0 Å². The van der Waals surface area contributed by atoms with Crippen LogP contribution in [0.5, 0.6) is 0 Å². The molecule has 0 radical (unpaired) electrons. The summed E-state index contributed by atoms with van der Waals surface area (Å²) in [5.41, 5.74) is 0.139. The summed E-state index contributed by atoms with van der Waals surface area (Å²) in [7, 11) is 0. The average molecular weight is 297 g/mol. The molecule has 1 aliphatic carbocycles. The van der Waals surface area contributed by atoms with E-state index in [4.69, 9.17) is 0 Å². The Morgan fingerprint density at radius 1 is 1.35 bits per heavy atom. The lowest BCUT2D eigenvalue weighted by Gasteiger charge is -2.25. The molecule has 5 nitrogen and oxygen atoms in total. The van der Waals surface area contributed by atoms with Gasteiger partial charge in [0.15, 0.2) is 0 Å². The largest absolute Gasteiger partial charge is 0.310 e. The van der Waals surface area contributed by atoms with Crippen LogP contribution in [0.15, 0.2) is 5.16 Å². The summed E-state index contributed by atoms with van der Waals surface area (Å²) in [5.74, 6) is 0.841. The zero-order chi connectivity index (χ0) is 14.6. The van der Waals surface area contributed by atoms with E-state index in [2.05, 4.69) is 48.5 Å². The zero-order valence-electron chi connectivity index (χ0n) is 13.1. The summed E-state index contributed by atoms with van der Waals surface area (Å²) in [5, 5.41) is 17.3. The van der Waals surface area contributed by atoms with Gasteiger partial charge in [0, 0.05) is 17.3 Å². The zero-order valence-corrected chi connectivity index (χ0v) is 13.9. The van der Waals surface area contributed by atoms with Gasteiger partial charge in [-0.1, -0.05) is 31.5 Å². The second-order valence-corrected chi connectivity index (χ2v) is 8.14. The molecule has 2 unspecified atom stereocenters. The number of hydrogen-bond donors (Lipinski definition) is 1. The van der Waals surface area contributed by atoms with Crippen molar-refractivity contribution in [2.45, 2.75) is 75.9 Å². The molecule has 1 aliphatic rings. The van der Waals surface area contributed by atoms with Crippen molar-refractivity contribution in [2.24, 2.45) is 5.92 Å². The van der Waals surface area contributed by atoms with E-state index in [1.807, 2.05) is 16.4 Å². The highest BCUT2D eigenvalue weighted by Crippen LogP contribution is 2.34. The van der Waals surface area contributed by atoms with Gasteiger partial charge < -0.3 is 5.32 Å². The Hall–Kier alpha value is -0.620. The molecule has 1 saturated carbocycles. The molecular weight excluding hydrogens is 270 g/mol. The Labute approximate surface area is 126 Å². The fourth-order valence-corrected chi connectivity index (χ4v) is 3.93. The Morgan fingerprint density at radius 3 is 2.85 bits per heavy atom. The average Bonchev–Trinajstić information content (AvgIpc) is 2.75. The summed E-state index contributed by atoms with van der Waals surface area (Å²) < 4.78 is 1.93. The first-order chi connectivity index (χ1) is 9.44. The highest BCUT2D eigenvalue weighted by Gasteiger charge is 2.22. The number of aromatic nitrogens is 4. The topological polar surface area (TPSA) is 55.6 Å². The van der Waals surface area contributed by atoms with E-state index in [-0.39, 0.29) is 5.54 Å². The maximum absolute atomic E-state index is 4.19. The number of hydrogen-bond acceptors (Lipinski definition) is 5. The molecule has 0 aliphatic heterocycles. The number of nitrogens with zero attached hydrogens (tertiary/aromatic N) is 4. The fourth-order valence-electron chi connectivity index (χ4n) is 2.59. The summed E-state index contributed by atoms with van der Waals surface area (Å²) in [6.45, 7) is 10.6. The molecule has 0 aromatic carbocycles. The highest BCUT2D eigenvalue weighted by molar-refractivity contribution is 7.99. The fraction of sp³-hybridized carbons (Fsp3) is 0.929. The summed E-state index contributed by atoms with van der Waals surface area (Å²) in [6.07, 6.45) is 5.29. The molecule has 114 valence electrons. The summed E-state index contributed by atoms with van der Waals surface area (Å²) in [6, 6.07) is 0. The first kappa shape index (κ1) is 15.8. The van der Waals surface area contributed by atoms with E-state index < -0.39 is 0 Å². The molecule has 2 atom stereocenters. The maximum Gasteiger partial charge on any atom is 0.209 e. The van der Waals surface area contributed by atoms with Crippen LogP contribution < -0.4 is 5.32 Å². The smallest absolute Gasteiger partial charge is 0.209 e. The van der Waals surface area contributed by atoms with Crippen LogP contribution in [0.1, 0.15) is 53.4 Å². The Balaban J connectivity index is 1.85. The van der Waals surface area contributed by atoms with Crippen LogP contribution in [-0.4, -0.2) is 37.5 Å². The van der Waals surface area contributed by atoms with Crippen LogP contribution in [0, 0.1) is 5.92 Å². The maximum atomic E-state index is 4.19. The van der Waals surface area contributed by atoms with E-state index in [1.165, 1.54) is 25.7 Å². The van der Waals surface area contributed by atoms with E-state index in [1.54, 1.807) is 0 Å². The van der Waals surface area contributed by atoms with Gasteiger partial charge in [0.2, 0.25) is 5.16 Å². The van der Waals surface area contributed by atoms with Crippen LogP contribution in [0.2, 0.25) is 0 Å². The third-order valence-electron chi connectivity index (χ3n) is 3.64. The molecule has 1 aromatic rings. The van der Waals surface area contributed by atoms with Gasteiger partial charge in [-0.15, -0.1) is 5.10 Å². The first-order valence-corrected chi connectivity index (χ1v) is 8.50. The molecule has 20 heavy (non-hydrogen) atoms. The Kier molecular flexibility index (Phi) is 5.43. The standard InChI is InChI=1S/C14H27N5S/c1-11-6-5-7-12(10-11)20-13-16-17-18-19(13)9-8-15-14(2,3)4/h11-12,15H,5-10H2,1-4H3. The molecule has 0 spiro atoms. The van der Waals surface area contributed by atoms with Crippen LogP contribution >= 0.6 is 11.8 Å². The van der Waals surface area contributed by atoms with E-state index >= 15 is 0 Å². The van der Waals surface area contributed by atoms with Crippen LogP contribution in [0.3, 0.4) is 0 Å². The van der Waals surface area contributed by atoms with E-state index in [0.717, 1.165) is 24.2 Å². The third kappa shape index (κ3) is 5.05. The second-order valence-electron chi connectivity index (χ2n) is 6.87. The van der Waals surface area contributed by atoms with Gasteiger partial charge in [-0.25, -0.2) is 4.68 Å². The van der Waals surface area contributed by atoms with E-state index in [9.17, 15) is 0 Å². The molecule has 0 saturated heterocycles. The number of rotatable bonds is 5. The lowest BCUT2D eigenvalue weighted by Crippen LogP contribution is -2.38. The molecule has 0 amide bonds. The van der Waals surface area contributed by atoms with Gasteiger partial charge in [-0.05, 0) is 50.0 Å². The number of tetrazole rings is 1. The number of nitrogens with one attached hydrogen (secondary N) is 1. The quantitative estimate of drug-likeness (QED) is 0.905. The van der Waals surface area contributed by atoms with Crippen LogP contribution in [0.4, 0.5) is 0 Å². The van der Waals surface area contributed by atoms with Crippen molar-refractivity contribution in [1.29, 1.82) is 0 Å². The van der Waals surface area contributed by atoms with Gasteiger partial charge in [0.1, 0.15) is 0 Å². The molecule has 1 heterocycles. The predicted molar refractivity (Wildman–Crippen MR) is 82.8 cm³/mol. The highest BCUT2D eigenvalue weighted by atomic mass is 32.2.